The minimum atomic E-state index is -0.401. The molecule has 5 nitrogen and oxygen atoms in total. The minimum absolute atomic E-state index is 0.0382. The number of nitrogens with zero attached hydrogens (tertiary/aromatic N) is 2. The minimum Gasteiger partial charge on any atom is -0.497 e. The molecule has 1 aliphatic heterocycles. The molecule has 0 N–H and O–H groups in total. The number of methoxy groups -OCH3 is 1. The largest absolute Gasteiger partial charge is 0.497 e. The monoisotopic (exact) mass is 356 g/mol. The molecule has 0 radical (unpaired) electrons. The Labute approximate surface area is 155 Å². The topological polar surface area (TPSA) is 55.6 Å². The van der Waals surface area contributed by atoms with Crippen molar-refractivity contribution in [3.63, 3.8) is 0 Å². The van der Waals surface area contributed by atoms with Crippen molar-refractivity contribution < 1.29 is 14.1 Å². The van der Waals surface area contributed by atoms with Crippen LogP contribution in [0.2, 0.25) is 0 Å². The average Bonchev–Trinajstić information content (AvgIpc) is 2.98. The number of amides is 1. The summed E-state index contributed by atoms with van der Waals surface area (Å²) in [6, 6.07) is 9.68. The second-order valence-corrected chi connectivity index (χ2v) is 7.96. The molecule has 0 aliphatic carbocycles. The van der Waals surface area contributed by atoms with E-state index in [0.29, 0.717) is 0 Å². The molecule has 1 aromatic heterocycles. The second-order valence-electron chi connectivity index (χ2n) is 7.96. The summed E-state index contributed by atoms with van der Waals surface area (Å²) < 4.78 is 10.9. The summed E-state index contributed by atoms with van der Waals surface area (Å²) in [5.74, 6) is 1.75. The van der Waals surface area contributed by atoms with E-state index in [4.69, 9.17) is 9.26 Å². The van der Waals surface area contributed by atoms with Crippen molar-refractivity contribution in [2.75, 3.05) is 13.7 Å². The Morgan fingerprint density at radius 1 is 1.19 bits per heavy atom. The Morgan fingerprint density at radius 2 is 1.92 bits per heavy atom. The zero-order valence-electron chi connectivity index (χ0n) is 16.1. The van der Waals surface area contributed by atoms with Crippen molar-refractivity contribution in [1.29, 1.82) is 0 Å². The Balaban J connectivity index is 1.87. The van der Waals surface area contributed by atoms with Gasteiger partial charge < -0.3 is 14.2 Å². The number of ether oxygens (including phenoxy) is 1. The summed E-state index contributed by atoms with van der Waals surface area (Å²) in [5.41, 5.74) is 1.36. The Kier molecular flexibility index (Phi) is 5.35. The molecule has 0 saturated carbocycles. The molecule has 0 unspecified atom stereocenters. The highest BCUT2D eigenvalue weighted by molar-refractivity contribution is 5.82. The van der Waals surface area contributed by atoms with E-state index in [1.165, 1.54) is 0 Å². The first kappa shape index (κ1) is 18.5. The van der Waals surface area contributed by atoms with E-state index in [2.05, 4.69) is 5.16 Å². The summed E-state index contributed by atoms with van der Waals surface area (Å²) in [6.07, 6.45) is 4.19. The number of hydrogen-bond acceptors (Lipinski definition) is 4. The van der Waals surface area contributed by atoms with E-state index in [9.17, 15) is 4.79 Å². The van der Waals surface area contributed by atoms with Gasteiger partial charge in [0, 0.05) is 23.6 Å². The molecule has 1 saturated heterocycles. The highest BCUT2D eigenvalue weighted by atomic mass is 16.5. The van der Waals surface area contributed by atoms with Crippen LogP contribution in [0.3, 0.4) is 0 Å². The molecule has 3 rings (SSSR count). The van der Waals surface area contributed by atoms with Gasteiger partial charge in [-0.25, -0.2) is 0 Å². The molecule has 5 heteroatoms. The standard InChI is InChI=1S/C21H28N2O3/c1-21(2,3)20(24)23-13-7-5-6-8-18(23)19-14-17(22-26-19)15-9-11-16(25-4)12-10-15/h9-12,14,18H,5-8,13H2,1-4H3/t18-/m0/s1. The smallest absolute Gasteiger partial charge is 0.228 e. The van der Waals surface area contributed by atoms with Crippen LogP contribution in [0.4, 0.5) is 0 Å². The maximum Gasteiger partial charge on any atom is 0.228 e. The van der Waals surface area contributed by atoms with Gasteiger partial charge in [-0.1, -0.05) is 38.8 Å². The van der Waals surface area contributed by atoms with Gasteiger partial charge in [0.25, 0.3) is 0 Å². The van der Waals surface area contributed by atoms with Crippen molar-refractivity contribution in [3.05, 3.63) is 36.1 Å². The fourth-order valence-corrected chi connectivity index (χ4v) is 3.42. The number of rotatable bonds is 3. The molecule has 1 aliphatic rings. The zero-order chi connectivity index (χ0) is 18.7. The van der Waals surface area contributed by atoms with Crippen molar-refractivity contribution in [2.24, 2.45) is 5.41 Å². The predicted molar refractivity (Wildman–Crippen MR) is 101 cm³/mol. The van der Waals surface area contributed by atoms with Crippen LogP contribution >= 0.6 is 0 Å². The van der Waals surface area contributed by atoms with Gasteiger partial charge in [-0.2, -0.15) is 0 Å². The quantitative estimate of drug-likeness (QED) is 0.789. The van der Waals surface area contributed by atoms with Crippen molar-refractivity contribution in [3.8, 4) is 17.0 Å². The van der Waals surface area contributed by atoms with E-state index in [1.54, 1.807) is 7.11 Å². The lowest BCUT2D eigenvalue weighted by Gasteiger charge is -2.33. The van der Waals surface area contributed by atoms with Gasteiger partial charge in [0.2, 0.25) is 5.91 Å². The Morgan fingerprint density at radius 3 is 2.58 bits per heavy atom. The van der Waals surface area contributed by atoms with E-state index in [-0.39, 0.29) is 11.9 Å². The van der Waals surface area contributed by atoms with Gasteiger partial charge in [0.05, 0.1) is 13.2 Å². The third-order valence-electron chi connectivity index (χ3n) is 4.90. The zero-order valence-corrected chi connectivity index (χ0v) is 16.1. The molecular weight excluding hydrogens is 328 g/mol. The SMILES string of the molecule is COc1ccc(-c2cc([C@@H]3CCCCCN3C(=O)C(C)(C)C)on2)cc1. The predicted octanol–water partition coefficient (Wildman–Crippen LogP) is 4.84. The highest BCUT2D eigenvalue weighted by Crippen LogP contribution is 2.35. The Bertz CT molecular complexity index is 743. The van der Waals surface area contributed by atoms with Gasteiger partial charge in [-0.3, -0.25) is 4.79 Å². The molecule has 1 aromatic carbocycles. The van der Waals surface area contributed by atoms with Crippen LogP contribution in [0.5, 0.6) is 5.75 Å². The lowest BCUT2D eigenvalue weighted by Crippen LogP contribution is -2.41. The number of benzene rings is 1. The van der Waals surface area contributed by atoms with E-state index < -0.39 is 5.41 Å². The highest BCUT2D eigenvalue weighted by Gasteiger charge is 2.35. The van der Waals surface area contributed by atoms with Crippen LogP contribution in [-0.4, -0.2) is 29.6 Å². The summed E-state index contributed by atoms with van der Waals surface area (Å²) >= 11 is 0. The van der Waals surface area contributed by atoms with E-state index >= 15 is 0 Å². The first-order valence-corrected chi connectivity index (χ1v) is 9.32. The number of carbonyl (C=O) groups is 1. The molecule has 140 valence electrons. The van der Waals surface area contributed by atoms with Crippen LogP contribution in [0.15, 0.2) is 34.9 Å². The third-order valence-corrected chi connectivity index (χ3v) is 4.90. The molecule has 2 aromatic rings. The number of aromatic nitrogens is 1. The lowest BCUT2D eigenvalue weighted by atomic mass is 9.93. The summed E-state index contributed by atoms with van der Waals surface area (Å²) in [5, 5.41) is 4.25. The number of likely N-dealkylation sites (tertiary alicyclic amines) is 1. The van der Waals surface area contributed by atoms with Gasteiger partial charge in [0.1, 0.15) is 11.4 Å². The normalized spacial score (nSPS) is 18.5. The first-order chi connectivity index (χ1) is 12.4. The maximum atomic E-state index is 13.0. The molecule has 26 heavy (non-hydrogen) atoms. The maximum absolute atomic E-state index is 13.0. The van der Waals surface area contributed by atoms with Crippen molar-refractivity contribution in [2.45, 2.75) is 52.5 Å². The van der Waals surface area contributed by atoms with Gasteiger partial charge in [-0.05, 0) is 37.1 Å². The molecule has 1 fully saturated rings. The Hall–Kier alpha value is -2.30. The first-order valence-electron chi connectivity index (χ1n) is 9.32. The molecule has 0 spiro atoms. The fourth-order valence-electron chi connectivity index (χ4n) is 3.42. The van der Waals surface area contributed by atoms with E-state index in [1.807, 2.05) is 56.0 Å². The number of hydrogen-bond donors (Lipinski definition) is 0. The third kappa shape index (κ3) is 3.92. The van der Waals surface area contributed by atoms with Crippen molar-refractivity contribution >= 4 is 5.91 Å². The van der Waals surface area contributed by atoms with Crippen LogP contribution < -0.4 is 4.74 Å². The van der Waals surface area contributed by atoms with E-state index in [0.717, 1.165) is 55.0 Å². The van der Waals surface area contributed by atoms with Crippen LogP contribution in [0.25, 0.3) is 11.3 Å². The van der Waals surface area contributed by atoms with Crippen LogP contribution in [-0.2, 0) is 4.79 Å². The van der Waals surface area contributed by atoms with Gasteiger partial charge in [-0.15, -0.1) is 0 Å². The number of carbonyl (C=O) groups excluding carboxylic acids is 1. The van der Waals surface area contributed by atoms with Gasteiger partial charge >= 0.3 is 0 Å². The van der Waals surface area contributed by atoms with Crippen LogP contribution in [0, 0.1) is 5.41 Å². The summed E-state index contributed by atoms with van der Waals surface area (Å²) in [6.45, 7) is 6.70. The fraction of sp³-hybridized carbons (Fsp3) is 0.524. The lowest BCUT2D eigenvalue weighted by molar-refractivity contribution is -0.142. The summed E-state index contributed by atoms with van der Waals surface area (Å²) in [7, 11) is 1.65. The van der Waals surface area contributed by atoms with Crippen molar-refractivity contribution in [1.82, 2.24) is 10.1 Å². The molecule has 1 atom stereocenters. The second kappa shape index (κ2) is 7.52. The molecule has 0 bridgehead atoms. The summed E-state index contributed by atoms with van der Waals surface area (Å²) in [4.78, 5) is 14.9. The van der Waals surface area contributed by atoms with Crippen LogP contribution in [0.1, 0.15) is 58.3 Å². The average molecular weight is 356 g/mol. The molecule has 1 amide bonds. The molecular formula is C21H28N2O3. The molecule has 2 heterocycles. The van der Waals surface area contributed by atoms with Gasteiger partial charge in [0.15, 0.2) is 5.76 Å².